The molecule has 1 fully saturated rings. The van der Waals surface area contributed by atoms with E-state index < -0.39 is 0 Å². The average molecular weight is 305 g/mol. The molecule has 1 aliphatic heterocycles. The Morgan fingerprint density at radius 1 is 1.14 bits per heavy atom. The molecule has 0 radical (unpaired) electrons. The molecule has 0 amide bonds. The van der Waals surface area contributed by atoms with Crippen molar-refractivity contribution in [2.24, 2.45) is 5.92 Å². The zero-order valence-corrected chi connectivity index (χ0v) is 14.4. The highest BCUT2D eigenvalue weighted by Crippen LogP contribution is 2.20. The average Bonchev–Trinajstić information content (AvgIpc) is 2.52. The maximum absolute atomic E-state index is 5.76. The van der Waals surface area contributed by atoms with Crippen molar-refractivity contribution in [3.8, 4) is 5.75 Å². The van der Waals surface area contributed by atoms with E-state index in [-0.39, 0.29) is 0 Å². The number of likely N-dealkylation sites (tertiary alicyclic amines) is 1. The lowest BCUT2D eigenvalue weighted by molar-refractivity contribution is 0.0708. The zero-order valence-electron chi connectivity index (χ0n) is 14.4. The number of nitrogens with zero attached hydrogens (tertiary/aromatic N) is 1. The summed E-state index contributed by atoms with van der Waals surface area (Å²) >= 11 is 0. The summed E-state index contributed by atoms with van der Waals surface area (Å²) in [7, 11) is 0. The van der Waals surface area contributed by atoms with E-state index in [0.717, 1.165) is 24.8 Å². The van der Waals surface area contributed by atoms with Gasteiger partial charge in [-0.3, -0.25) is 0 Å². The second-order valence-electron chi connectivity index (χ2n) is 6.71. The van der Waals surface area contributed by atoms with E-state index in [1.165, 1.54) is 31.5 Å². The molecule has 1 saturated heterocycles. The summed E-state index contributed by atoms with van der Waals surface area (Å²) in [5.41, 5.74) is 1.32. The summed E-state index contributed by atoms with van der Waals surface area (Å²) in [6.45, 7) is 12.3. The third-order valence-electron chi connectivity index (χ3n) is 4.45. The van der Waals surface area contributed by atoms with Crippen molar-refractivity contribution in [1.29, 1.82) is 0 Å². The maximum Gasteiger partial charge on any atom is 0.119 e. The molecule has 3 nitrogen and oxygen atoms in total. The van der Waals surface area contributed by atoms with Crippen LogP contribution in [0.3, 0.4) is 0 Å². The van der Waals surface area contributed by atoms with Gasteiger partial charge in [-0.25, -0.2) is 0 Å². The molecule has 0 N–H and O–H groups in total. The Labute approximate surface area is 135 Å². The van der Waals surface area contributed by atoms with Crippen LogP contribution < -0.4 is 4.74 Å². The van der Waals surface area contributed by atoms with Crippen molar-refractivity contribution in [2.75, 3.05) is 39.5 Å². The zero-order chi connectivity index (χ0) is 15.8. The minimum absolute atomic E-state index is 0.534. The molecule has 1 aromatic carbocycles. The van der Waals surface area contributed by atoms with Crippen LogP contribution in [0, 0.1) is 5.92 Å². The minimum atomic E-state index is 0.534. The van der Waals surface area contributed by atoms with Crippen LogP contribution in [-0.2, 0) is 4.74 Å². The van der Waals surface area contributed by atoms with Gasteiger partial charge in [0, 0.05) is 6.54 Å². The highest BCUT2D eigenvalue weighted by molar-refractivity contribution is 5.30. The minimum Gasteiger partial charge on any atom is -0.491 e. The molecule has 1 aliphatic rings. The Hall–Kier alpha value is -1.06. The molecule has 2 rings (SSSR count). The molecular weight excluding hydrogens is 274 g/mol. The lowest BCUT2D eigenvalue weighted by atomic mass is 9.99. The molecular formula is C19H31NO2. The largest absolute Gasteiger partial charge is 0.491 e. The van der Waals surface area contributed by atoms with Crippen molar-refractivity contribution in [3.63, 3.8) is 0 Å². The monoisotopic (exact) mass is 305 g/mol. The molecule has 1 aromatic rings. The normalized spacial score (nSPS) is 17.1. The first-order valence-electron chi connectivity index (χ1n) is 8.68. The van der Waals surface area contributed by atoms with Gasteiger partial charge in [-0.2, -0.15) is 0 Å². The van der Waals surface area contributed by atoms with Crippen LogP contribution >= 0.6 is 0 Å². The van der Waals surface area contributed by atoms with Gasteiger partial charge in [0.25, 0.3) is 0 Å². The van der Waals surface area contributed by atoms with Gasteiger partial charge in [0.2, 0.25) is 0 Å². The molecule has 3 heteroatoms. The van der Waals surface area contributed by atoms with E-state index in [1.54, 1.807) is 0 Å². The van der Waals surface area contributed by atoms with Gasteiger partial charge in [-0.05, 0) is 55.5 Å². The first-order valence-corrected chi connectivity index (χ1v) is 8.68. The van der Waals surface area contributed by atoms with Crippen LogP contribution in [0.4, 0.5) is 0 Å². The first-order chi connectivity index (χ1) is 10.6. The number of piperidine rings is 1. The smallest absolute Gasteiger partial charge is 0.119 e. The van der Waals surface area contributed by atoms with E-state index in [1.807, 2.05) is 6.07 Å². The number of benzene rings is 1. The molecule has 0 spiro atoms. The molecule has 0 aromatic heterocycles. The van der Waals surface area contributed by atoms with Gasteiger partial charge in [-0.15, -0.1) is 0 Å². The van der Waals surface area contributed by atoms with Crippen molar-refractivity contribution < 1.29 is 9.47 Å². The first kappa shape index (κ1) is 17.3. The summed E-state index contributed by atoms with van der Waals surface area (Å²) in [5.74, 6) is 2.37. The van der Waals surface area contributed by atoms with Crippen LogP contribution in [0.2, 0.25) is 0 Å². The predicted octanol–water partition coefficient (Wildman–Crippen LogP) is 3.94. The Balaban J connectivity index is 1.55. The van der Waals surface area contributed by atoms with Crippen molar-refractivity contribution in [3.05, 3.63) is 29.8 Å². The quantitative estimate of drug-likeness (QED) is 0.679. The highest BCUT2D eigenvalue weighted by atomic mass is 16.5. The fourth-order valence-corrected chi connectivity index (χ4v) is 2.76. The molecule has 0 aliphatic carbocycles. The Morgan fingerprint density at radius 2 is 1.91 bits per heavy atom. The lowest BCUT2D eigenvalue weighted by Gasteiger charge is -2.29. The summed E-state index contributed by atoms with van der Waals surface area (Å²) in [6, 6.07) is 8.34. The second-order valence-corrected chi connectivity index (χ2v) is 6.71. The van der Waals surface area contributed by atoms with Crippen LogP contribution in [0.15, 0.2) is 24.3 Å². The van der Waals surface area contributed by atoms with Gasteiger partial charge >= 0.3 is 0 Å². The fourth-order valence-electron chi connectivity index (χ4n) is 2.76. The molecule has 0 bridgehead atoms. The number of rotatable bonds is 8. The second kappa shape index (κ2) is 9.16. The summed E-state index contributed by atoms with van der Waals surface area (Å²) < 4.78 is 11.5. The van der Waals surface area contributed by atoms with Crippen molar-refractivity contribution in [2.45, 2.75) is 39.5 Å². The van der Waals surface area contributed by atoms with Crippen molar-refractivity contribution >= 4 is 0 Å². The van der Waals surface area contributed by atoms with Crippen LogP contribution in [0.25, 0.3) is 0 Å². The van der Waals surface area contributed by atoms with Crippen LogP contribution in [0.5, 0.6) is 5.75 Å². The van der Waals surface area contributed by atoms with E-state index in [9.17, 15) is 0 Å². The molecule has 0 unspecified atom stereocenters. The Morgan fingerprint density at radius 3 is 2.64 bits per heavy atom. The van der Waals surface area contributed by atoms with Gasteiger partial charge in [-0.1, -0.05) is 32.9 Å². The number of hydrogen-bond donors (Lipinski definition) is 0. The van der Waals surface area contributed by atoms with E-state index >= 15 is 0 Å². The Kier molecular flexibility index (Phi) is 7.20. The summed E-state index contributed by atoms with van der Waals surface area (Å²) in [5, 5.41) is 0. The number of hydrogen-bond acceptors (Lipinski definition) is 3. The summed E-state index contributed by atoms with van der Waals surface area (Å²) in [6.07, 6.45) is 2.66. The standard InChI is InChI=1S/C19H31NO2/c1-16(2)18-5-4-6-19(15-18)22-14-13-21-12-11-20-9-7-17(3)8-10-20/h4-6,15-17H,7-14H2,1-3H3. The summed E-state index contributed by atoms with van der Waals surface area (Å²) in [4.78, 5) is 2.51. The highest BCUT2D eigenvalue weighted by Gasteiger charge is 2.14. The van der Waals surface area contributed by atoms with Gasteiger partial charge < -0.3 is 14.4 Å². The molecule has 0 saturated carbocycles. The van der Waals surface area contributed by atoms with Gasteiger partial charge in [0.05, 0.1) is 13.2 Å². The Bertz CT molecular complexity index is 425. The topological polar surface area (TPSA) is 21.7 Å². The van der Waals surface area contributed by atoms with Gasteiger partial charge in [0.1, 0.15) is 12.4 Å². The van der Waals surface area contributed by atoms with E-state index in [4.69, 9.17) is 9.47 Å². The van der Waals surface area contributed by atoms with E-state index in [0.29, 0.717) is 19.1 Å². The molecule has 1 heterocycles. The third-order valence-corrected chi connectivity index (χ3v) is 4.45. The predicted molar refractivity (Wildman–Crippen MR) is 91.7 cm³/mol. The molecule has 22 heavy (non-hydrogen) atoms. The van der Waals surface area contributed by atoms with Gasteiger partial charge in [0.15, 0.2) is 0 Å². The van der Waals surface area contributed by atoms with E-state index in [2.05, 4.69) is 43.9 Å². The fraction of sp³-hybridized carbons (Fsp3) is 0.684. The lowest BCUT2D eigenvalue weighted by Crippen LogP contribution is -2.35. The molecule has 0 atom stereocenters. The molecule has 124 valence electrons. The van der Waals surface area contributed by atoms with Crippen LogP contribution in [-0.4, -0.2) is 44.4 Å². The van der Waals surface area contributed by atoms with Crippen molar-refractivity contribution in [1.82, 2.24) is 4.90 Å². The SMILES string of the molecule is CC1CCN(CCOCCOc2cccc(C(C)C)c2)CC1. The van der Waals surface area contributed by atoms with Crippen LogP contribution in [0.1, 0.15) is 45.1 Å². The maximum atomic E-state index is 5.76. The number of ether oxygens (including phenoxy) is 2. The third kappa shape index (κ3) is 5.98.